The van der Waals surface area contributed by atoms with Crippen molar-refractivity contribution in [3.8, 4) is 0 Å². The van der Waals surface area contributed by atoms with E-state index in [0.717, 1.165) is 12.8 Å². The Labute approximate surface area is 211 Å². The first-order valence-electron chi connectivity index (χ1n) is 11.6. The summed E-state index contributed by atoms with van der Waals surface area (Å²) in [7, 11) is 0. The Morgan fingerprint density at radius 1 is 1.11 bits per heavy atom. The molecule has 4 aliphatic heterocycles. The number of imide groups is 1. The van der Waals surface area contributed by atoms with Gasteiger partial charge in [-0.3, -0.25) is 24.6 Å². The second kappa shape index (κ2) is 8.28. The van der Waals surface area contributed by atoms with Crippen molar-refractivity contribution in [1.29, 1.82) is 0 Å². The lowest BCUT2D eigenvalue weighted by Gasteiger charge is -2.31. The quantitative estimate of drug-likeness (QED) is 0.540. The molecule has 6 rings (SSSR count). The maximum absolute atomic E-state index is 13.8. The number of carbonyl (C=O) groups is 3. The Morgan fingerprint density at radius 3 is 2.60 bits per heavy atom. The lowest BCUT2D eigenvalue weighted by molar-refractivity contribution is -0.144. The summed E-state index contributed by atoms with van der Waals surface area (Å²) in [5, 5.41) is 18.3. The number of ether oxygens (including phenoxy) is 1. The summed E-state index contributed by atoms with van der Waals surface area (Å²) in [5.74, 6) is -3.33. The van der Waals surface area contributed by atoms with Crippen LogP contribution in [-0.2, 0) is 24.7 Å². The molecule has 0 aromatic heterocycles. The third-order valence-corrected chi connectivity index (χ3v) is 8.25. The van der Waals surface area contributed by atoms with Crippen LogP contribution >= 0.6 is 23.2 Å². The number of aliphatic hydroxyl groups is 1. The molecule has 3 amide bonds. The van der Waals surface area contributed by atoms with E-state index >= 15 is 0 Å². The molecule has 10 heteroatoms. The monoisotopic (exact) mass is 515 g/mol. The van der Waals surface area contributed by atoms with Crippen LogP contribution in [0.5, 0.6) is 0 Å². The number of amides is 3. The van der Waals surface area contributed by atoms with Gasteiger partial charge in [-0.1, -0.05) is 47.5 Å². The average molecular weight is 516 g/mol. The van der Waals surface area contributed by atoms with E-state index in [1.165, 1.54) is 4.90 Å². The molecule has 1 spiro atoms. The highest BCUT2D eigenvalue weighted by Gasteiger charge is 2.71. The zero-order valence-corrected chi connectivity index (χ0v) is 20.1. The van der Waals surface area contributed by atoms with E-state index in [4.69, 9.17) is 27.9 Å². The molecule has 0 radical (unpaired) electrons. The van der Waals surface area contributed by atoms with E-state index in [-0.39, 0.29) is 12.6 Å². The summed E-state index contributed by atoms with van der Waals surface area (Å²) < 4.78 is 5.68. The number of para-hydroxylation sites is 1. The molecular weight excluding hydrogens is 493 g/mol. The van der Waals surface area contributed by atoms with Crippen molar-refractivity contribution < 1.29 is 24.2 Å². The fraction of sp³-hybridized carbons (Fsp3) is 0.400. The Morgan fingerprint density at radius 2 is 1.89 bits per heavy atom. The minimum atomic E-state index is -1.54. The molecule has 3 fully saturated rings. The van der Waals surface area contributed by atoms with Crippen molar-refractivity contribution in [3.05, 3.63) is 63.6 Å². The third kappa shape index (κ3) is 3.28. The SMILES string of the molecule is O=C1C2C(C(O)c3ccc(Cl)cc3)NC3(C(=O)Nc4c(Cl)cccc43)C2C(=O)N1CC1CCCO1. The number of likely N-dealkylation sites (tertiary alicyclic amines) is 1. The van der Waals surface area contributed by atoms with Crippen LogP contribution in [0.3, 0.4) is 0 Å². The van der Waals surface area contributed by atoms with Gasteiger partial charge in [-0.05, 0) is 36.6 Å². The maximum atomic E-state index is 13.8. The van der Waals surface area contributed by atoms with Gasteiger partial charge in [0.25, 0.3) is 0 Å². The van der Waals surface area contributed by atoms with Gasteiger partial charge in [0.1, 0.15) is 5.54 Å². The molecule has 0 bridgehead atoms. The first-order valence-corrected chi connectivity index (χ1v) is 12.4. The van der Waals surface area contributed by atoms with Crippen molar-refractivity contribution in [3.63, 3.8) is 0 Å². The third-order valence-electron chi connectivity index (χ3n) is 7.69. The number of nitrogens with one attached hydrogen (secondary N) is 2. The molecule has 6 unspecified atom stereocenters. The first kappa shape index (κ1) is 22.9. The van der Waals surface area contributed by atoms with Crippen molar-refractivity contribution in [2.24, 2.45) is 11.8 Å². The number of benzene rings is 2. The normalized spacial score (nSPS) is 32.3. The molecule has 8 nitrogen and oxygen atoms in total. The Kier molecular flexibility index (Phi) is 5.43. The molecule has 3 N–H and O–H groups in total. The Balaban J connectivity index is 1.46. The Bertz CT molecular complexity index is 1230. The molecule has 4 aliphatic rings. The summed E-state index contributed by atoms with van der Waals surface area (Å²) in [6.45, 7) is 0.722. The van der Waals surface area contributed by atoms with E-state index in [1.807, 2.05) is 0 Å². The molecule has 4 heterocycles. The van der Waals surface area contributed by atoms with Gasteiger partial charge in [-0.15, -0.1) is 0 Å². The molecule has 2 aromatic carbocycles. The molecule has 2 aromatic rings. The zero-order valence-electron chi connectivity index (χ0n) is 18.5. The van der Waals surface area contributed by atoms with E-state index in [0.29, 0.717) is 33.5 Å². The van der Waals surface area contributed by atoms with E-state index in [2.05, 4.69) is 10.6 Å². The predicted molar refractivity (Wildman–Crippen MR) is 128 cm³/mol. The van der Waals surface area contributed by atoms with Gasteiger partial charge in [-0.2, -0.15) is 0 Å². The smallest absolute Gasteiger partial charge is 0.250 e. The minimum absolute atomic E-state index is 0.133. The lowest BCUT2D eigenvalue weighted by Crippen LogP contribution is -2.54. The molecule has 35 heavy (non-hydrogen) atoms. The van der Waals surface area contributed by atoms with Crippen molar-refractivity contribution in [2.45, 2.75) is 36.6 Å². The van der Waals surface area contributed by atoms with Gasteiger partial charge < -0.3 is 15.2 Å². The summed E-state index contributed by atoms with van der Waals surface area (Å²) in [6.07, 6.45) is 0.218. The van der Waals surface area contributed by atoms with Gasteiger partial charge >= 0.3 is 0 Å². The molecular formula is C25H23Cl2N3O5. The van der Waals surface area contributed by atoms with Crippen LogP contribution < -0.4 is 10.6 Å². The van der Waals surface area contributed by atoms with Gasteiger partial charge in [0.05, 0.1) is 47.3 Å². The lowest BCUT2D eigenvalue weighted by atomic mass is 9.76. The summed E-state index contributed by atoms with van der Waals surface area (Å²) >= 11 is 12.4. The van der Waals surface area contributed by atoms with Crippen LogP contribution in [0.4, 0.5) is 5.69 Å². The van der Waals surface area contributed by atoms with Crippen LogP contribution in [0, 0.1) is 11.8 Å². The van der Waals surface area contributed by atoms with Crippen molar-refractivity contribution in [1.82, 2.24) is 10.2 Å². The molecule has 0 aliphatic carbocycles. The minimum Gasteiger partial charge on any atom is -0.387 e. The largest absolute Gasteiger partial charge is 0.387 e. The summed E-state index contributed by atoms with van der Waals surface area (Å²) in [5.41, 5.74) is -0.118. The van der Waals surface area contributed by atoms with Crippen molar-refractivity contribution >= 4 is 46.6 Å². The van der Waals surface area contributed by atoms with E-state index in [9.17, 15) is 19.5 Å². The topological polar surface area (TPSA) is 108 Å². The number of hydrogen-bond donors (Lipinski definition) is 3. The zero-order chi connectivity index (χ0) is 24.5. The highest BCUT2D eigenvalue weighted by molar-refractivity contribution is 6.35. The Hall–Kier alpha value is -2.49. The van der Waals surface area contributed by atoms with Gasteiger partial charge in [-0.25, -0.2) is 0 Å². The van der Waals surface area contributed by atoms with Crippen LogP contribution in [0.15, 0.2) is 42.5 Å². The molecule has 182 valence electrons. The standard InChI is InChI=1S/C25H23Cl2N3O5/c26-13-8-6-12(7-9-13)21(31)20-17-18(23(33)30(22(17)32)11-14-3-2-10-35-14)25(29-20)15-4-1-5-16(27)19(15)28-24(25)34/h1,4-9,14,17-18,20-21,29,31H,2-3,10-11H2,(H,28,34). The van der Waals surface area contributed by atoms with Gasteiger partial charge in [0.15, 0.2) is 0 Å². The van der Waals surface area contributed by atoms with Crippen molar-refractivity contribution in [2.75, 3.05) is 18.5 Å². The van der Waals surface area contributed by atoms with Gasteiger partial charge in [0.2, 0.25) is 17.7 Å². The summed E-state index contributed by atoms with van der Waals surface area (Å²) in [6, 6.07) is 10.8. The predicted octanol–water partition coefficient (Wildman–Crippen LogP) is 2.63. The number of fused-ring (bicyclic) bond motifs is 4. The number of halogens is 2. The number of hydrogen-bond acceptors (Lipinski definition) is 6. The number of nitrogens with zero attached hydrogens (tertiary/aromatic N) is 1. The van der Waals surface area contributed by atoms with E-state index < -0.39 is 47.2 Å². The average Bonchev–Trinajstić information content (AvgIpc) is 3.59. The number of aliphatic hydroxyl groups excluding tert-OH is 1. The van der Waals surface area contributed by atoms with Crippen LogP contribution in [0.1, 0.15) is 30.1 Å². The summed E-state index contributed by atoms with van der Waals surface area (Å²) in [4.78, 5) is 42.3. The van der Waals surface area contributed by atoms with Crippen LogP contribution in [-0.4, -0.2) is 53.0 Å². The second-order valence-corrected chi connectivity index (χ2v) is 10.4. The molecule has 0 saturated carbocycles. The molecule has 6 atom stereocenters. The first-order chi connectivity index (χ1) is 16.8. The van der Waals surface area contributed by atoms with Crippen LogP contribution in [0.2, 0.25) is 10.0 Å². The fourth-order valence-corrected chi connectivity index (χ4v) is 6.44. The number of rotatable bonds is 4. The van der Waals surface area contributed by atoms with Gasteiger partial charge in [0, 0.05) is 17.2 Å². The highest BCUT2D eigenvalue weighted by atomic mass is 35.5. The molecule has 3 saturated heterocycles. The fourth-order valence-electron chi connectivity index (χ4n) is 6.09. The van der Waals surface area contributed by atoms with Crippen LogP contribution in [0.25, 0.3) is 0 Å². The number of anilines is 1. The van der Waals surface area contributed by atoms with E-state index in [1.54, 1.807) is 42.5 Å². The second-order valence-electron chi connectivity index (χ2n) is 9.52. The highest BCUT2D eigenvalue weighted by Crippen LogP contribution is 2.55. The number of carbonyl (C=O) groups excluding carboxylic acids is 3. The maximum Gasteiger partial charge on any atom is 0.250 e.